The van der Waals surface area contributed by atoms with Crippen LogP contribution in [0.2, 0.25) is 0 Å². The van der Waals surface area contributed by atoms with Crippen LogP contribution in [0.4, 0.5) is 0 Å². The second-order valence-corrected chi connectivity index (χ2v) is 8.96. The zero-order valence-corrected chi connectivity index (χ0v) is 21.3. The second kappa shape index (κ2) is 12.0. The van der Waals surface area contributed by atoms with Crippen LogP contribution in [0.15, 0.2) is 103 Å². The van der Waals surface area contributed by atoms with Crippen molar-refractivity contribution in [3.63, 3.8) is 0 Å². The lowest BCUT2D eigenvalue weighted by molar-refractivity contribution is -0.143. The number of benzene rings is 4. The van der Waals surface area contributed by atoms with Crippen LogP contribution in [0, 0.1) is 0 Å². The van der Waals surface area contributed by atoms with Gasteiger partial charge in [-0.05, 0) is 47.2 Å². The molecule has 7 rings (SSSR count). The topological polar surface area (TPSA) is 102 Å². The molecule has 0 aliphatic carbocycles. The molecule has 0 saturated carbocycles. The Morgan fingerprint density at radius 3 is 1.77 bits per heavy atom. The number of hydrogen-bond donors (Lipinski definition) is 2. The molecule has 0 aromatic heterocycles. The predicted molar refractivity (Wildman–Crippen MR) is 154 cm³/mol. The van der Waals surface area contributed by atoms with Crippen LogP contribution in [0.1, 0.15) is 16.7 Å². The highest BCUT2D eigenvalue weighted by molar-refractivity contribution is 5.93. The van der Waals surface area contributed by atoms with Crippen molar-refractivity contribution in [3.05, 3.63) is 120 Å². The molecule has 40 heavy (non-hydrogen) atoms. The fourth-order valence-electron chi connectivity index (χ4n) is 4.33. The molecule has 0 radical (unpaired) electrons. The van der Waals surface area contributed by atoms with Gasteiger partial charge in [0.05, 0.1) is 0 Å². The average molecular weight is 535 g/mol. The lowest BCUT2D eigenvalue weighted by Gasteiger charge is -2.17. The molecule has 4 aromatic rings. The van der Waals surface area contributed by atoms with Gasteiger partial charge >= 0.3 is 11.9 Å². The molecule has 3 aliphatic rings. The van der Waals surface area contributed by atoms with Crippen LogP contribution >= 0.6 is 0 Å². The summed E-state index contributed by atoms with van der Waals surface area (Å²) in [6, 6.07) is 27.2. The van der Waals surface area contributed by atoms with E-state index in [0.29, 0.717) is 18.1 Å². The van der Waals surface area contributed by atoms with Crippen molar-refractivity contribution < 1.29 is 34.0 Å². The number of ether oxygens (including phenoxy) is 3. The summed E-state index contributed by atoms with van der Waals surface area (Å²) < 4.78 is 16.0. The van der Waals surface area contributed by atoms with Crippen molar-refractivity contribution in [2.75, 3.05) is 6.61 Å². The van der Waals surface area contributed by atoms with Gasteiger partial charge in [0, 0.05) is 16.7 Å². The monoisotopic (exact) mass is 534 g/mol. The molecule has 2 unspecified atom stereocenters. The third-order valence-electron chi connectivity index (χ3n) is 6.28. The van der Waals surface area contributed by atoms with Gasteiger partial charge in [0.1, 0.15) is 23.9 Å². The van der Waals surface area contributed by atoms with Gasteiger partial charge < -0.3 is 24.4 Å². The van der Waals surface area contributed by atoms with Crippen LogP contribution in [-0.4, -0.2) is 41.0 Å². The third-order valence-corrected chi connectivity index (χ3v) is 6.28. The molecule has 200 valence electrons. The lowest BCUT2D eigenvalue weighted by atomic mass is 10.0. The number of hydrogen-bond acceptors (Lipinski definition) is 5. The number of carboxylic acids is 2. The first-order valence-corrected chi connectivity index (χ1v) is 12.6. The van der Waals surface area contributed by atoms with E-state index in [4.69, 9.17) is 24.4 Å². The summed E-state index contributed by atoms with van der Waals surface area (Å²) in [5, 5.41) is 19.9. The Morgan fingerprint density at radius 2 is 1.18 bits per heavy atom. The maximum atomic E-state index is 10.6. The van der Waals surface area contributed by atoms with E-state index in [1.54, 1.807) is 24.3 Å². The van der Waals surface area contributed by atoms with Crippen molar-refractivity contribution in [1.82, 2.24) is 0 Å². The molecule has 7 heteroatoms. The smallest absolute Gasteiger partial charge is 0.349 e. The number of carbonyl (C=O) groups is 2. The fourth-order valence-corrected chi connectivity index (χ4v) is 4.33. The van der Waals surface area contributed by atoms with E-state index in [1.165, 1.54) is 28.5 Å². The molecule has 0 bridgehead atoms. The van der Waals surface area contributed by atoms with Gasteiger partial charge in [0.2, 0.25) is 12.2 Å². The molecule has 0 amide bonds. The quantitative estimate of drug-likeness (QED) is 0.310. The Morgan fingerprint density at radius 1 is 0.625 bits per heavy atom. The van der Waals surface area contributed by atoms with Gasteiger partial charge in [-0.2, -0.15) is 0 Å². The van der Waals surface area contributed by atoms with Crippen LogP contribution in [0.5, 0.6) is 17.2 Å². The summed E-state index contributed by atoms with van der Waals surface area (Å²) in [4.78, 5) is 21.2. The minimum absolute atomic E-state index is 0.623. The van der Waals surface area contributed by atoms with Gasteiger partial charge in [0.15, 0.2) is 0 Å². The minimum Gasteiger partial charge on any atom is -0.489 e. The molecule has 2 atom stereocenters. The van der Waals surface area contributed by atoms with Gasteiger partial charge in [-0.1, -0.05) is 85.0 Å². The first kappa shape index (κ1) is 26.3. The summed E-state index contributed by atoms with van der Waals surface area (Å²) in [6.45, 7) is 0.686. The molecule has 0 spiro atoms. The van der Waals surface area contributed by atoms with Crippen molar-refractivity contribution in [3.8, 4) is 17.2 Å². The molecular weight excluding hydrogens is 508 g/mol. The van der Waals surface area contributed by atoms with Gasteiger partial charge in [-0.15, -0.1) is 0 Å². The summed E-state index contributed by atoms with van der Waals surface area (Å²) >= 11 is 0. The summed E-state index contributed by atoms with van der Waals surface area (Å²) in [5.41, 5.74) is 3.04. The normalized spacial score (nSPS) is 17.1. The Bertz CT molecular complexity index is 1560. The standard InChI is InChI=1S/C13H10O.2C10H8O3/c1-2-5-11-10(4-1)7-8-13-12(11)6-3-9-14-13;2*11-10(12)9-6-5-7-3-1-2-4-8(7)13-9/h1-8H,9H2;2*1-6,9H,(H,11,12). The van der Waals surface area contributed by atoms with Crippen molar-refractivity contribution in [2.45, 2.75) is 12.2 Å². The SMILES string of the molecule is C1=Cc2c(ccc3ccccc23)OC1.O=C(O)C1C=Cc2ccccc2O1.O=C(O)C1C=Cc2ccccc2O1. The maximum Gasteiger partial charge on any atom is 0.349 e. The Balaban J connectivity index is 0.000000121. The van der Waals surface area contributed by atoms with Crippen molar-refractivity contribution in [1.29, 1.82) is 0 Å². The molecule has 0 fully saturated rings. The molecule has 4 aromatic carbocycles. The van der Waals surface area contributed by atoms with Crippen LogP contribution < -0.4 is 14.2 Å². The third kappa shape index (κ3) is 6.05. The number of para-hydroxylation sites is 2. The van der Waals surface area contributed by atoms with E-state index in [9.17, 15) is 9.59 Å². The summed E-state index contributed by atoms with van der Waals surface area (Å²) in [5.74, 6) is 0.303. The summed E-state index contributed by atoms with van der Waals surface area (Å²) in [7, 11) is 0. The molecule has 3 heterocycles. The maximum absolute atomic E-state index is 10.6. The van der Waals surface area contributed by atoms with Crippen LogP contribution in [0.3, 0.4) is 0 Å². The number of carboxylic acid groups (broad SMARTS) is 2. The molecule has 3 aliphatic heterocycles. The number of aliphatic carboxylic acids is 2. The van der Waals surface area contributed by atoms with E-state index in [1.807, 2.05) is 42.5 Å². The van der Waals surface area contributed by atoms with Gasteiger partial charge in [-0.25, -0.2) is 9.59 Å². The van der Waals surface area contributed by atoms with Crippen LogP contribution in [-0.2, 0) is 9.59 Å². The van der Waals surface area contributed by atoms with E-state index in [2.05, 4.69) is 42.5 Å². The predicted octanol–water partition coefficient (Wildman–Crippen LogP) is 6.34. The Kier molecular flexibility index (Phi) is 7.92. The average Bonchev–Trinajstić information content (AvgIpc) is 3.01. The largest absolute Gasteiger partial charge is 0.489 e. The zero-order valence-electron chi connectivity index (χ0n) is 21.3. The molecular formula is C33H26O7. The summed E-state index contributed by atoms with van der Waals surface area (Å²) in [6.07, 6.45) is 9.07. The number of rotatable bonds is 2. The first-order chi connectivity index (χ1) is 19.5. The van der Waals surface area contributed by atoms with E-state index < -0.39 is 24.1 Å². The highest BCUT2D eigenvalue weighted by Gasteiger charge is 2.21. The second-order valence-electron chi connectivity index (χ2n) is 8.96. The van der Waals surface area contributed by atoms with Gasteiger partial charge in [-0.3, -0.25) is 0 Å². The molecule has 2 N–H and O–H groups in total. The van der Waals surface area contributed by atoms with E-state index in [0.717, 1.165) is 16.9 Å². The van der Waals surface area contributed by atoms with Gasteiger partial charge in [0.25, 0.3) is 0 Å². The minimum atomic E-state index is -0.967. The highest BCUT2D eigenvalue weighted by atomic mass is 16.5. The fraction of sp³-hybridized carbons (Fsp3) is 0.0909. The zero-order chi connectivity index (χ0) is 27.9. The highest BCUT2D eigenvalue weighted by Crippen LogP contribution is 2.31. The lowest BCUT2D eigenvalue weighted by Crippen LogP contribution is -2.26. The molecule has 0 saturated heterocycles. The molecule has 7 nitrogen and oxygen atoms in total. The first-order valence-electron chi connectivity index (χ1n) is 12.6. The van der Waals surface area contributed by atoms with Crippen molar-refractivity contribution in [2.24, 2.45) is 0 Å². The van der Waals surface area contributed by atoms with E-state index >= 15 is 0 Å². The number of fused-ring (bicyclic) bond motifs is 5. The Labute approximate surface area is 230 Å². The van der Waals surface area contributed by atoms with Crippen LogP contribution in [0.25, 0.3) is 29.0 Å². The van der Waals surface area contributed by atoms with Crippen molar-refractivity contribution >= 4 is 40.9 Å². The Hall–Kier alpha value is -5.30. The van der Waals surface area contributed by atoms with E-state index in [-0.39, 0.29) is 0 Å².